The van der Waals surface area contributed by atoms with E-state index in [1.165, 1.54) is 0 Å². The first kappa shape index (κ1) is 13.0. The quantitative estimate of drug-likeness (QED) is 0.853. The molecule has 2 N–H and O–H groups in total. The molecule has 0 bridgehead atoms. The number of aromatic nitrogens is 1. The number of nitrogens with zero attached hydrogens (tertiary/aromatic N) is 1. The van der Waals surface area contributed by atoms with E-state index >= 15 is 0 Å². The number of hydrogen-bond acceptors (Lipinski definition) is 3. The third-order valence-electron chi connectivity index (χ3n) is 3.84. The van der Waals surface area contributed by atoms with Gasteiger partial charge in [0.25, 0.3) is 0 Å². The fourth-order valence-electron chi connectivity index (χ4n) is 2.53. The lowest BCUT2D eigenvalue weighted by Gasteiger charge is -2.28. The minimum absolute atomic E-state index is 0.0197. The number of amides is 1. The second-order valence-electron chi connectivity index (χ2n) is 4.94. The van der Waals surface area contributed by atoms with E-state index in [0.29, 0.717) is 0 Å². The lowest BCUT2D eigenvalue weighted by molar-refractivity contribution is -0.128. The minimum Gasteiger partial charge on any atom is -0.348 e. The molecular weight excluding hydrogens is 226 g/mol. The van der Waals surface area contributed by atoms with Crippen LogP contribution in [0.4, 0.5) is 0 Å². The molecule has 4 nitrogen and oxygen atoms in total. The van der Waals surface area contributed by atoms with Gasteiger partial charge in [-0.2, -0.15) is 0 Å². The molecule has 0 aliphatic carbocycles. The number of carbonyl (C=O) groups is 1. The summed E-state index contributed by atoms with van der Waals surface area (Å²) in [6, 6.07) is 3.89. The summed E-state index contributed by atoms with van der Waals surface area (Å²) in [5.41, 5.74) is 0.726. The second kappa shape index (κ2) is 5.48. The molecule has 0 saturated carbocycles. The third-order valence-corrected chi connectivity index (χ3v) is 3.84. The minimum atomic E-state index is -0.360. The van der Waals surface area contributed by atoms with Crippen LogP contribution >= 0.6 is 0 Å². The van der Waals surface area contributed by atoms with Crippen molar-refractivity contribution in [2.75, 3.05) is 6.54 Å². The van der Waals surface area contributed by atoms with Gasteiger partial charge in [0.15, 0.2) is 0 Å². The Morgan fingerprint density at radius 3 is 2.83 bits per heavy atom. The monoisotopic (exact) mass is 247 g/mol. The first-order valence-corrected chi connectivity index (χ1v) is 6.64. The van der Waals surface area contributed by atoms with Crippen LogP contribution < -0.4 is 10.6 Å². The molecule has 4 heteroatoms. The SMILES string of the molecule is CCC1(C(=O)N[C@@H](C)c2ccncc2)CCCN1. The number of nitrogens with one attached hydrogen (secondary N) is 2. The van der Waals surface area contributed by atoms with E-state index in [1.807, 2.05) is 19.1 Å². The molecule has 18 heavy (non-hydrogen) atoms. The molecule has 2 rings (SSSR count). The Bertz CT molecular complexity index is 399. The molecule has 0 aromatic carbocycles. The Hall–Kier alpha value is -1.42. The fourth-order valence-corrected chi connectivity index (χ4v) is 2.53. The topological polar surface area (TPSA) is 54.0 Å². The van der Waals surface area contributed by atoms with E-state index in [9.17, 15) is 4.79 Å². The fraction of sp³-hybridized carbons (Fsp3) is 0.571. The molecule has 1 saturated heterocycles. The van der Waals surface area contributed by atoms with Crippen molar-refractivity contribution in [1.82, 2.24) is 15.6 Å². The van der Waals surface area contributed by atoms with Crippen LogP contribution in [0.1, 0.15) is 44.7 Å². The highest BCUT2D eigenvalue weighted by Gasteiger charge is 2.39. The van der Waals surface area contributed by atoms with Crippen molar-refractivity contribution < 1.29 is 4.79 Å². The maximum absolute atomic E-state index is 12.4. The summed E-state index contributed by atoms with van der Waals surface area (Å²) in [7, 11) is 0. The van der Waals surface area contributed by atoms with Gasteiger partial charge in [0.1, 0.15) is 0 Å². The normalized spacial score (nSPS) is 24.8. The van der Waals surface area contributed by atoms with Crippen LogP contribution in [-0.4, -0.2) is 23.0 Å². The molecule has 1 aliphatic rings. The third kappa shape index (κ3) is 2.53. The van der Waals surface area contributed by atoms with Gasteiger partial charge in [0.2, 0.25) is 5.91 Å². The van der Waals surface area contributed by atoms with Crippen molar-refractivity contribution in [1.29, 1.82) is 0 Å². The Morgan fingerprint density at radius 1 is 1.56 bits per heavy atom. The van der Waals surface area contributed by atoms with Crippen LogP contribution in [0.15, 0.2) is 24.5 Å². The summed E-state index contributed by atoms with van der Waals surface area (Å²) in [5.74, 6) is 0.117. The molecular formula is C14H21N3O. The van der Waals surface area contributed by atoms with Gasteiger partial charge >= 0.3 is 0 Å². The predicted octanol–water partition coefficient (Wildman–Crippen LogP) is 1.79. The summed E-state index contributed by atoms with van der Waals surface area (Å²) in [5, 5.41) is 6.45. The van der Waals surface area contributed by atoms with E-state index in [-0.39, 0.29) is 17.5 Å². The molecule has 2 heterocycles. The van der Waals surface area contributed by atoms with Gasteiger partial charge in [-0.3, -0.25) is 9.78 Å². The van der Waals surface area contributed by atoms with Gasteiger partial charge in [0, 0.05) is 12.4 Å². The lowest BCUT2D eigenvalue weighted by atomic mass is 9.92. The van der Waals surface area contributed by atoms with Gasteiger partial charge < -0.3 is 10.6 Å². The van der Waals surface area contributed by atoms with E-state index in [4.69, 9.17) is 0 Å². The Morgan fingerprint density at radius 2 is 2.28 bits per heavy atom. The average Bonchev–Trinajstić information content (AvgIpc) is 2.89. The van der Waals surface area contributed by atoms with Crippen molar-refractivity contribution >= 4 is 5.91 Å². The van der Waals surface area contributed by atoms with Gasteiger partial charge in [-0.25, -0.2) is 0 Å². The van der Waals surface area contributed by atoms with Crippen LogP contribution in [0.25, 0.3) is 0 Å². The summed E-state index contributed by atoms with van der Waals surface area (Å²) >= 11 is 0. The van der Waals surface area contributed by atoms with E-state index < -0.39 is 0 Å². The van der Waals surface area contributed by atoms with Crippen LogP contribution in [-0.2, 0) is 4.79 Å². The van der Waals surface area contributed by atoms with Crippen LogP contribution in [0.5, 0.6) is 0 Å². The van der Waals surface area contributed by atoms with Crippen LogP contribution in [0.2, 0.25) is 0 Å². The molecule has 0 radical (unpaired) electrons. The molecule has 2 atom stereocenters. The lowest BCUT2D eigenvalue weighted by Crippen LogP contribution is -2.53. The Balaban J connectivity index is 2.03. The van der Waals surface area contributed by atoms with Gasteiger partial charge in [-0.1, -0.05) is 6.92 Å². The van der Waals surface area contributed by atoms with Gasteiger partial charge in [-0.15, -0.1) is 0 Å². The summed E-state index contributed by atoms with van der Waals surface area (Å²) < 4.78 is 0. The summed E-state index contributed by atoms with van der Waals surface area (Å²) in [6.07, 6.45) is 6.34. The highest BCUT2D eigenvalue weighted by atomic mass is 16.2. The highest BCUT2D eigenvalue weighted by Crippen LogP contribution is 2.24. The van der Waals surface area contributed by atoms with Crippen molar-refractivity contribution in [3.05, 3.63) is 30.1 Å². The van der Waals surface area contributed by atoms with Gasteiger partial charge in [-0.05, 0) is 50.4 Å². The van der Waals surface area contributed by atoms with Crippen molar-refractivity contribution in [3.63, 3.8) is 0 Å². The van der Waals surface area contributed by atoms with E-state index in [2.05, 4.69) is 22.5 Å². The second-order valence-corrected chi connectivity index (χ2v) is 4.94. The van der Waals surface area contributed by atoms with Crippen molar-refractivity contribution in [2.45, 2.75) is 44.7 Å². The first-order valence-electron chi connectivity index (χ1n) is 6.64. The number of carbonyl (C=O) groups excluding carboxylic acids is 1. The van der Waals surface area contributed by atoms with E-state index in [0.717, 1.165) is 31.4 Å². The van der Waals surface area contributed by atoms with Crippen molar-refractivity contribution in [2.24, 2.45) is 0 Å². The number of rotatable bonds is 4. The number of hydrogen-bond donors (Lipinski definition) is 2. The number of pyridine rings is 1. The largest absolute Gasteiger partial charge is 0.348 e. The highest BCUT2D eigenvalue weighted by molar-refractivity contribution is 5.87. The molecule has 1 fully saturated rings. The van der Waals surface area contributed by atoms with Gasteiger partial charge in [0.05, 0.1) is 11.6 Å². The molecule has 1 aromatic heterocycles. The first-order chi connectivity index (χ1) is 8.68. The van der Waals surface area contributed by atoms with Crippen LogP contribution in [0, 0.1) is 0 Å². The smallest absolute Gasteiger partial charge is 0.240 e. The molecule has 98 valence electrons. The summed E-state index contributed by atoms with van der Waals surface area (Å²) in [4.78, 5) is 16.4. The Labute approximate surface area is 108 Å². The molecule has 1 amide bonds. The maximum atomic E-state index is 12.4. The van der Waals surface area contributed by atoms with E-state index in [1.54, 1.807) is 12.4 Å². The molecule has 1 aromatic rings. The Kier molecular flexibility index (Phi) is 3.97. The van der Waals surface area contributed by atoms with Crippen LogP contribution in [0.3, 0.4) is 0 Å². The average molecular weight is 247 g/mol. The zero-order chi connectivity index (χ0) is 13.0. The maximum Gasteiger partial charge on any atom is 0.240 e. The molecule has 0 spiro atoms. The molecule has 1 aliphatic heterocycles. The zero-order valence-electron chi connectivity index (χ0n) is 11.1. The summed E-state index contributed by atoms with van der Waals surface area (Å²) in [6.45, 7) is 5.01. The standard InChI is InChI=1S/C14H21N3O/c1-3-14(7-4-8-16-14)13(18)17-11(2)12-5-9-15-10-6-12/h5-6,9-11,16H,3-4,7-8H2,1-2H3,(H,17,18)/t11-,14?/m0/s1. The predicted molar refractivity (Wildman–Crippen MR) is 71.1 cm³/mol. The molecule has 1 unspecified atom stereocenters. The van der Waals surface area contributed by atoms with Crippen molar-refractivity contribution in [3.8, 4) is 0 Å². The zero-order valence-corrected chi connectivity index (χ0v) is 11.1.